The molecule has 1 aromatic rings. The molecule has 0 spiro atoms. The van der Waals surface area contributed by atoms with Crippen molar-refractivity contribution in [3.63, 3.8) is 0 Å². The molecule has 90 valence electrons. The van der Waals surface area contributed by atoms with Crippen LogP contribution >= 0.6 is 11.3 Å². The zero-order valence-electron chi connectivity index (χ0n) is 10.4. The first kappa shape index (κ1) is 13.0. The van der Waals surface area contributed by atoms with Crippen LogP contribution in [-0.2, 0) is 13.0 Å². The summed E-state index contributed by atoms with van der Waals surface area (Å²) in [7, 11) is 3.97. The van der Waals surface area contributed by atoms with E-state index in [9.17, 15) is 0 Å². The molecule has 1 heterocycles. The van der Waals surface area contributed by atoms with Crippen LogP contribution in [0.3, 0.4) is 0 Å². The Morgan fingerprint density at radius 2 is 2.25 bits per heavy atom. The zero-order valence-corrected chi connectivity index (χ0v) is 11.3. The number of nitrogens with zero attached hydrogens (tertiary/aromatic N) is 3. The standard InChI is InChI=1S/C11H20N4S/c1-5-9-7-13-10(16-9)8-14-11(12-6-2)15(3)4/h7H,5-6,8H2,1-4H3,(H,12,14). The minimum Gasteiger partial charge on any atom is -0.357 e. The fourth-order valence-corrected chi connectivity index (χ4v) is 2.03. The average Bonchev–Trinajstić information content (AvgIpc) is 2.71. The van der Waals surface area contributed by atoms with Crippen molar-refractivity contribution in [2.75, 3.05) is 20.6 Å². The summed E-state index contributed by atoms with van der Waals surface area (Å²) in [4.78, 5) is 12.2. The van der Waals surface area contributed by atoms with Gasteiger partial charge < -0.3 is 10.2 Å². The Balaban J connectivity index is 2.61. The van der Waals surface area contributed by atoms with Crippen molar-refractivity contribution >= 4 is 17.3 Å². The molecule has 4 nitrogen and oxygen atoms in total. The number of hydrogen-bond acceptors (Lipinski definition) is 3. The van der Waals surface area contributed by atoms with Crippen LogP contribution < -0.4 is 5.32 Å². The third-order valence-corrected chi connectivity index (χ3v) is 3.20. The Hall–Kier alpha value is -1.10. The van der Waals surface area contributed by atoms with E-state index in [0.717, 1.165) is 23.9 Å². The van der Waals surface area contributed by atoms with Gasteiger partial charge in [0.05, 0.1) is 6.54 Å². The maximum absolute atomic E-state index is 4.51. The van der Waals surface area contributed by atoms with Crippen molar-refractivity contribution in [1.29, 1.82) is 0 Å². The first-order valence-electron chi connectivity index (χ1n) is 5.56. The van der Waals surface area contributed by atoms with Gasteiger partial charge in [0.1, 0.15) is 5.01 Å². The van der Waals surface area contributed by atoms with Crippen molar-refractivity contribution < 1.29 is 0 Å². The molecule has 0 aliphatic rings. The van der Waals surface area contributed by atoms with E-state index in [1.165, 1.54) is 4.88 Å². The van der Waals surface area contributed by atoms with E-state index < -0.39 is 0 Å². The molecule has 0 saturated heterocycles. The van der Waals surface area contributed by atoms with E-state index in [4.69, 9.17) is 0 Å². The lowest BCUT2D eigenvalue weighted by atomic mass is 10.4. The zero-order chi connectivity index (χ0) is 12.0. The number of guanidine groups is 1. The van der Waals surface area contributed by atoms with E-state index in [1.807, 2.05) is 25.2 Å². The van der Waals surface area contributed by atoms with Crippen LogP contribution in [0.1, 0.15) is 23.7 Å². The molecule has 0 aliphatic carbocycles. The molecule has 0 radical (unpaired) electrons. The van der Waals surface area contributed by atoms with Crippen molar-refractivity contribution in [3.05, 3.63) is 16.1 Å². The first-order chi connectivity index (χ1) is 7.67. The van der Waals surface area contributed by atoms with Gasteiger partial charge in [-0.25, -0.2) is 9.98 Å². The first-order valence-corrected chi connectivity index (χ1v) is 6.38. The second kappa shape index (κ2) is 6.48. The molecule has 0 unspecified atom stereocenters. The lowest BCUT2D eigenvalue weighted by Gasteiger charge is -2.16. The van der Waals surface area contributed by atoms with Crippen LogP contribution in [-0.4, -0.2) is 36.5 Å². The Labute approximate surface area is 101 Å². The molecule has 0 fully saturated rings. The van der Waals surface area contributed by atoms with Gasteiger partial charge in [0.2, 0.25) is 0 Å². The molecule has 0 atom stereocenters. The Kier molecular flexibility index (Phi) is 5.25. The quantitative estimate of drug-likeness (QED) is 0.643. The van der Waals surface area contributed by atoms with Crippen molar-refractivity contribution in [3.8, 4) is 0 Å². The Bertz CT molecular complexity index is 344. The number of aryl methyl sites for hydroxylation is 1. The van der Waals surface area contributed by atoms with E-state index in [1.54, 1.807) is 11.3 Å². The van der Waals surface area contributed by atoms with Crippen LogP contribution in [0.4, 0.5) is 0 Å². The highest BCUT2D eigenvalue weighted by molar-refractivity contribution is 7.11. The highest BCUT2D eigenvalue weighted by Gasteiger charge is 2.02. The SMILES string of the molecule is CCNC(=NCc1ncc(CC)s1)N(C)C. The summed E-state index contributed by atoms with van der Waals surface area (Å²) in [5, 5.41) is 4.30. The fourth-order valence-electron chi connectivity index (χ4n) is 1.24. The number of hydrogen-bond donors (Lipinski definition) is 1. The van der Waals surface area contributed by atoms with Gasteiger partial charge in [0, 0.05) is 31.7 Å². The second-order valence-corrected chi connectivity index (χ2v) is 4.84. The molecule has 0 bridgehead atoms. The van der Waals surface area contributed by atoms with Gasteiger partial charge in [0.15, 0.2) is 5.96 Å². The number of aliphatic imine (C=N–C) groups is 1. The molecule has 1 rings (SSSR count). The van der Waals surface area contributed by atoms with Gasteiger partial charge in [-0.3, -0.25) is 0 Å². The maximum atomic E-state index is 4.51. The monoisotopic (exact) mass is 240 g/mol. The minimum atomic E-state index is 0.658. The van der Waals surface area contributed by atoms with E-state index >= 15 is 0 Å². The van der Waals surface area contributed by atoms with Gasteiger partial charge in [-0.05, 0) is 13.3 Å². The fraction of sp³-hybridized carbons (Fsp3) is 0.636. The van der Waals surface area contributed by atoms with Gasteiger partial charge in [-0.15, -0.1) is 11.3 Å². The molecular weight excluding hydrogens is 220 g/mol. The predicted octanol–water partition coefficient (Wildman–Crippen LogP) is 1.73. The normalized spacial score (nSPS) is 11.6. The van der Waals surface area contributed by atoms with Crippen molar-refractivity contribution in [2.45, 2.75) is 26.8 Å². The van der Waals surface area contributed by atoms with Crippen LogP contribution in [0.15, 0.2) is 11.2 Å². The molecular formula is C11H20N4S. The summed E-state index contributed by atoms with van der Waals surface area (Å²) < 4.78 is 0. The summed E-state index contributed by atoms with van der Waals surface area (Å²) in [6.07, 6.45) is 2.99. The smallest absolute Gasteiger partial charge is 0.193 e. The average molecular weight is 240 g/mol. The van der Waals surface area contributed by atoms with Crippen LogP contribution in [0.5, 0.6) is 0 Å². The largest absolute Gasteiger partial charge is 0.357 e. The summed E-state index contributed by atoms with van der Waals surface area (Å²) >= 11 is 1.74. The summed E-state index contributed by atoms with van der Waals surface area (Å²) in [5.41, 5.74) is 0. The number of rotatable bonds is 4. The van der Waals surface area contributed by atoms with Gasteiger partial charge in [-0.2, -0.15) is 0 Å². The molecule has 1 aromatic heterocycles. The Morgan fingerprint density at radius 3 is 2.75 bits per heavy atom. The van der Waals surface area contributed by atoms with Crippen molar-refractivity contribution in [2.24, 2.45) is 4.99 Å². The van der Waals surface area contributed by atoms with E-state index in [-0.39, 0.29) is 0 Å². The van der Waals surface area contributed by atoms with Gasteiger partial charge in [0.25, 0.3) is 0 Å². The van der Waals surface area contributed by atoms with E-state index in [2.05, 4.69) is 29.1 Å². The minimum absolute atomic E-state index is 0.658. The Morgan fingerprint density at radius 1 is 1.50 bits per heavy atom. The maximum Gasteiger partial charge on any atom is 0.193 e. The number of nitrogens with one attached hydrogen (secondary N) is 1. The third kappa shape index (κ3) is 3.81. The number of aromatic nitrogens is 1. The topological polar surface area (TPSA) is 40.5 Å². The molecule has 16 heavy (non-hydrogen) atoms. The third-order valence-electron chi connectivity index (χ3n) is 2.07. The van der Waals surface area contributed by atoms with E-state index in [0.29, 0.717) is 6.54 Å². The van der Waals surface area contributed by atoms with Gasteiger partial charge in [-0.1, -0.05) is 6.92 Å². The van der Waals surface area contributed by atoms with Crippen molar-refractivity contribution in [1.82, 2.24) is 15.2 Å². The molecule has 0 aromatic carbocycles. The van der Waals surface area contributed by atoms with Crippen LogP contribution in [0.25, 0.3) is 0 Å². The summed E-state index contributed by atoms with van der Waals surface area (Å²) in [5.74, 6) is 0.913. The molecule has 5 heteroatoms. The molecule has 0 aliphatic heterocycles. The highest BCUT2D eigenvalue weighted by atomic mass is 32.1. The second-order valence-electron chi connectivity index (χ2n) is 3.64. The van der Waals surface area contributed by atoms with Crippen LogP contribution in [0, 0.1) is 0 Å². The number of thiazole rings is 1. The van der Waals surface area contributed by atoms with Crippen LogP contribution in [0.2, 0.25) is 0 Å². The highest BCUT2D eigenvalue weighted by Crippen LogP contribution is 2.13. The summed E-state index contributed by atoms with van der Waals surface area (Å²) in [6.45, 7) is 5.75. The lowest BCUT2D eigenvalue weighted by molar-refractivity contribution is 0.583. The molecule has 1 N–H and O–H groups in total. The molecule has 0 amide bonds. The predicted molar refractivity (Wildman–Crippen MR) is 70.0 cm³/mol. The lowest BCUT2D eigenvalue weighted by Crippen LogP contribution is -2.36. The van der Waals surface area contributed by atoms with Gasteiger partial charge >= 0.3 is 0 Å². The molecule has 0 saturated carbocycles. The summed E-state index contributed by atoms with van der Waals surface area (Å²) in [6, 6.07) is 0.